The number of primary amides is 1. The van der Waals surface area contributed by atoms with Crippen LogP contribution in [0.25, 0.3) is 5.69 Å². The van der Waals surface area contributed by atoms with Gasteiger partial charge in [0.1, 0.15) is 10.6 Å². The van der Waals surface area contributed by atoms with Crippen LogP contribution in [-0.4, -0.2) is 46.4 Å². The number of amides is 1. The molecule has 0 spiro atoms. The van der Waals surface area contributed by atoms with E-state index < -0.39 is 20.9 Å². The van der Waals surface area contributed by atoms with Gasteiger partial charge in [-0.1, -0.05) is 18.2 Å². The lowest BCUT2D eigenvalue weighted by atomic mass is 10.2. The molecule has 1 aromatic heterocycles. The van der Waals surface area contributed by atoms with Crippen LogP contribution in [0.15, 0.2) is 53.4 Å². The molecule has 0 bridgehead atoms. The van der Waals surface area contributed by atoms with Crippen LogP contribution < -0.4 is 10.5 Å². The first kappa shape index (κ1) is 22.4. The minimum absolute atomic E-state index is 0.0419. The highest BCUT2D eigenvalue weighted by molar-refractivity contribution is 7.89. The normalized spacial score (nSPS) is 14.3. The molecule has 1 amide bonds. The van der Waals surface area contributed by atoms with Gasteiger partial charge in [0.2, 0.25) is 15.9 Å². The summed E-state index contributed by atoms with van der Waals surface area (Å²) >= 11 is 0. The molecule has 0 saturated carbocycles. The number of nitrogens with zero attached hydrogens (tertiary/aromatic N) is 4. The second-order valence-electron chi connectivity index (χ2n) is 7.49. The van der Waals surface area contributed by atoms with Crippen LogP contribution >= 0.6 is 0 Å². The fourth-order valence-corrected chi connectivity index (χ4v) is 5.30. The van der Waals surface area contributed by atoms with Crippen molar-refractivity contribution in [1.82, 2.24) is 14.1 Å². The van der Waals surface area contributed by atoms with Crippen LogP contribution in [0.5, 0.6) is 11.6 Å². The number of non-ortho nitro benzene ring substituents is 1. The van der Waals surface area contributed by atoms with E-state index in [1.54, 1.807) is 37.3 Å². The van der Waals surface area contributed by atoms with Crippen LogP contribution in [-0.2, 0) is 10.0 Å². The Hall–Kier alpha value is -3.77. The molecule has 0 radical (unpaired) electrons. The van der Waals surface area contributed by atoms with Crippen molar-refractivity contribution in [2.24, 2.45) is 5.73 Å². The van der Waals surface area contributed by atoms with Gasteiger partial charge in [0.15, 0.2) is 5.69 Å². The number of hydrogen-bond acceptors (Lipinski definition) is 7. The third kappa shape index (κ3) is 4.17. The molecule has 172 valence electrons. The minimum atomic E-state index is -4.06. The standard InChI is InChI=1S/C21H21N5O6S/c1-14-19(20(22)27)23-25(15-7-3-2-4-8-15)21(14)32-17-10-9-16(26(28)29)13-18(17)33(30,31)24-11-5-6-12-24/h2-4,7-10,13H,5-6,11-12H2,1H3,(H2,22,27). The number of benzene rings is 2. The summed E-state index contributed by atoms with van der Waals surface area (Å²) in [6, 6.07) is 12.1. The predicted octanol–water partition coefficient (Wildman–Crippen LogP) is 2.76. The number of para-hydroxylation sites is 1. The fraction of sp³-hybridized carbons (Fsp3) is 0.238. The number of ether oxygens (including phenoxy) is 1. The topological polar surface area (TPSA) is 151 Å². The molecular formula is C21H21N5O6S. The van der Waals surface area contributed by atoms with E-state index in [1.165, 1.54) is 15.1 Å². The summed E-state index contributed by atoms with van der Waals surface area (Å²) in [7, 11) is -4.06. The number of hydrogen-bond donors (Lipinski definition) is 1. The molecule has 12 heteroatoms. The summed E-state index contributed by atoms with van der Waals surface area (Å²) in [5, 5.41) is 15.6. The number of nitro benzene ring substituents is 1. The van der Waals surface area contributed by atoms with Gasteiger partial charge >= 0.3 is 0 Å². The molecule has 33 heavy (non-hydrogen) atoms. The highest BCUT2D eigenvalue weighted by Gasteiger charge is 2.33. The van der Waals surface area contributed by atoms with Crippen LogP contribution in [0.1, 0.15) is 28.9 Å². The van der Waals surface area contributed by atoms with Crippen molar-refractivity contribution >= 4 is 21.6 Å². The molecule has 2 aromatic carbocycles. The summed E-state index contributed by atoms with van der Waals surface area (Å²) in [6.45, 7) is 2.20. The Labute approximate surface area is 189 Å². The second kappa shape index (κ2) is 8.64. The first-order chi connectivity index (χ1) is 15.7. The quantitative estimate of drug-likeness (QED) is 0.411. The number of rotatable bonds is 7. The average molecular weight is 471 g/mol. The van der Waals surface area contributed by atoms with Crippen molar-refractivity contribution in [3.05, 3.63) is 69.9 Å². The smallest absolute Gasteiger partial charge is 0.271 e. The highest BCUT2D eigenvalue weighted by atomic mass is 32.2. The lowest BCUT2D eigenvalue weighted by molar-refractivity contribution is -0.385. The maximum atomic E-state index is 13.3. The first-order valence-corrected chi connectivity index (χ1v) is 11.6. The number of carbonyl (C=O) groups is 1. The predicted molar refractivity (Wildman–Crippen MR) is 118 cm³/mol. The minimum Gasteiger partial charge on any atom is -0.437 e. The van der Waals surface area contributed by atoms with Gasteiger partial charge in [-0.15, -0.1) is 0 Å². The van der Waals surface area contributed by atoms with E-state index in [0.717, 1.165) is 12.1 Å². The molecule has 11 nitrogen and oxygen atoms in total. The molecule has 1 aliphatic heterocycles. The number of carbonyl (C=O) groups excluding carboxylic acids is 1. The van der Waals surface area contributed by atoms with Crippen molar-refractivity contribution < 1.29 is 22.9 Å². The lowest BCUT2D eigenvalue weighted by Crippen LogP contribution is -2.28. The van der Waals surface area contributed by atoms with Gasteiger partial charge in [0.25, 0.3) is 11.6 Å². The van der Waals surface area contributed by atoms with Crippen molar-refractivity contribution in [3.8, 4) is 17.3 Å². The zero-order valence-corrected chi connectivity index (χ0v) is 18.5. The SMILES string of the molecule is Cc1c(C(N)=O)nn(-c2ccccc2)c1Oc1ccc([N+](=O)[O-])cc1S(=O)(=O)N1CCCC1. The Morgan fingerprint density at radius 2 is 1.82 bits per heavy atom. The second-order valence-corrected chi connectivity index (χ2v) is 9.40. The van der Waals surface area contributed by atoms with E-state index in [9.17, 15) is 23.3 Å². The van der Waals surface area contributed by atoms with Crippen molar-refractivity contribution in [2.45, 2.75) is 24.7 Å². The van der Waals surface area contributed by atoms with E-state index in [0.29, 0.717) is 37.2 Å². The van der Waals surface area contributed by atoms with Gasteiger partial charge in [-0.25, -0.2) is 8.42 Å². The van der Waals surface area contributed by atoms with Gasteiger partial charge in [-0.3, -0.25) is 14.9 Å². The van der Waals surface area contributed by atoms with Crippen molar-refractivity contribution in [1.29, 1.82) is 0 Å². The molecule has 0 atom stereocenters. The molecule has 2 heterocycles. The molecule has 2 N–H and O–H groups in total. The van der Waals surface area contributed by atoms with Gasteiger partial charge in [-0.05, 0) is 38.0 Å². The van der Waals surface area contributed by atoms with E-state index in [2.05, 4.69) is 5.10 Å². The van der Waals surface area contributed by atoms with Gasteiger partial charge in [-0.2, -0.15) is 14.1 Å². The zero-order chi connectivity index (χ0) is 23.8. The van der Waals surface area contributed by atoms with E-state index in [1.807, 2.05) is 0 Å². The molecule has 0 unspecified atom stereocenters. The zero-order valence-electron chi connectivity index (χ0n) is 17.7. The van der Waals surface area contributed by atoms with Gasteiger partial charge in [0.05, 0.1) is 10.6 Å². The Morgan fingerprint density at radius 3 is 2.42 bits per heavy atom. The summed E-state index contributed by atoms with van der Waals surface area (Å²) in [5.74, 6) is -0.828. The van der Waals surface area contributed by atoms with Crippen LogP contribution in [0.4, 0.5) is 5.69 Å². The summed E-state index contributed by atoms with van der Waals surface area (Å²) in [4.78, 5) is 22.2. The van der Waals surface area contributed by atoms with E-state index in [4.69, 9.17) is 10.5 Å². The van der Waals surface area contributed by atoms with Crippen molar-refractivity contribution in [2.75, 3.05) is 13.1 Å². The Morgan fingerprint density at radius 1 is 1.15 bits per heavy atom. The maximum absolute atomic E-state index is 13.3. The summed E-state index contributed by atoms with van der Waals surface area (Å²) in [5.41, 5.74) is 5.88. The molecule has 4 rings (SSSR count). The highest BCUT2D eigenvalue weighted by Crippen LogP contribution is 2.37. The number of nitro groups is 1. The Balaban J connectivity index is 1.88. The third-order valence-electron chi connectivity index (χ3n) is 5.33. The Kier molecular flexibility index (Phi) is 5.87. The Bertz CT molecular complexity index is 1330. The molecule has 1 saturated heterocycles. The third-order valence-corrected chi connectivity index (χ3v) is 7.25. The molecular weight excluding hydrogens is 450 g/mol. The fourth-order valence-electron chi connectivity index (χ4n) is 3.65. The van der Waals surface area contributed by atoms with Gasteiger partial charge in [0, 0.05) is 30.8 Å². The van der Waals surface area contributed by atoms with Crippen LogP contribution in [0.2, 0.25) is 0 Å². The number of nitrogens with two attached hydrogens (primary N) is 1. The molecule has 3 aromatic rings. The molecule has 0 aliphatic carbocycles. The van der Waals surface area contributed by atoms with E-state index in [-0.39, 0.29) is 27.9 Å². The lowest BCUT2D eigenvalue weighted by Gasteiger charge is -2.18. The summed E-state index contributed by atoms with van der Waals surface area (Å²) in [6.07, 6.45) is 1.40. The number of sulfonamides is 1. The molecule has 1 aliphatic rings. The van der Waals surface area contributed by atoms with Crippen molar-refractivity contribution in [3.63, 3.8) is 0 Å². The van der Waals surface area contributed by atoms with Crippen LogP contribution in [0.3, 0.4) is 0 Å². The monoisotopic (exact) mass is 471 g/mol. The summed E-state index contributed by atoms with van der Waals surface area (Å²) < 4.78 is 35.2. The maximum Gasteiger partial charge on any atom is 0.271 e. The van der Waals surface area contributed by atoms with Gasteiger partial charge < -0.3 is 10.5 Å². The largest absolute Gasteiger partial charge is 0.437 e. The molecule has 1 fully saturated rings. The van der Waals surface area contributed by atoms with E-state index >= 15 is 0 Å². The average Bonchev–Trinajstić information content (AvgIpc) is 3.44. The number of aromatic nitrogens is 2. The van der Waals surface area contributed by atoms with Crippen LogP contribution in [0, 0.1) is 17.0 Å². The first-order valence-electron chi connectivity index (χ1n) is 10.1.